The first-order valence-corrected chi connectivity index (χ1v) is 7.04. The minimum atomic E-state index is 0.282. The summed E-state index contributed by atoms with van der Waals surface area (Å²) in [6.07, 6.45) is 3.25. The molecule has 0 saturated carbocycles. The van der Waals surface area contributed by atoms with Gasteiger partial charge in [-0.2, -0.15) is 0 Å². The smallest absolute Gasteiger partial charge is 0.0740 e. The van der Waals surface area contributed by atoms with Gasteiger partial charge in [-0.05, 0) is 30.4 Å². The number of halogens is 1. The lowest BCUT2D eigenvalue weighted by atomic mass is 10.1. The second-order valence-electron chi connectivity index (χ2n) is 3.87. The number of ether oxygens (including phenoxy) is 1. The molecule has 1 fully saturated rings. The van der Waals surface area contributed by atoms with Crippen molar-refractivity contribution in [3.8, 4) is 0 Å². The Morgan fingerprint density at radius 1 is 1.56 bits per heavy atom. The molecular weight excluding hydrogens is 242 g/mol. The second-order valence-corrected chi connectivity index (χ2v) is 5.13. The fourth-order valence-corrected chi connectivity index (χ4v) is 2.74. The maximum atomic E-state index is 6.17. The maximum absolute atomic E-state index is 6.17. The van der Waals surface area contributed by atoms with Gasteiger partial charge in [-0.25, -0.2) is 0 Å². The van der Waals surface area contributed by atoms with Gasteiger partial charge >= 0.3 is 0 Å². The Bertz CT molecular complexity index is 353. The van der Waals surface area contributed by atoms with Crippen LogP contribution in [0.2, 0.25) is 5.02 Å². The van der Waals surface area contributed by atoms with Gasteiger partial charge in [0.25, 0.3) is 0 Å². The third kappa shape index (κ3) is 3.14. The van der Waals surface area contributed by atoms with Crippen LogP contribution in [-0.2, 0) is 11.2 Å². The molecular formula is C12H16ClNOS. The van der Waals surface area contributed by atoms with Crippen LogP contribution in [0.5, 0.6) is 0 Å². The van der Waals surface area contributed by atoms with Crippen molar-refractivity contribution in [1.29, 1.82) is 0 Å². The summed E-state index contributed by atoms with van der Waals surface area (Å²) in [6, 6.07) is 6.26. The molecule has 1 heterocycles. The summed E-state index contributed by atoms with van der Waals surface area (Å²) in [5.41, 5.74) is 1.25. The van der Waals surface area contributed by atoms with E-state index in [0.717, 1.165) is 36.0 Å². The van der Waals surface area contributed by atoms with Crippen LogP contribution in [0.1, 0.15) is 5.56 Å². The van der Waals surface area contributed by atoms with Crippen molar-refractivity contribution < 1.29 is 4.74 Å². The van der Waals surface area contributed by atoms with Gasteiger partial charge in [0.15, 0.2) is 0 Å². The quantitative estimate of drug-likeness (QED) is 0.841. The van der Waals surface area contributed by atoms with Gasteiger partial charge in [-0.15, -0.1) is 11.8 Å². The number of hydrogen-bond acceptors (Lipinski definition) is 3. The summed E-state index contributed by atoms with van der Waals surface area (Å²) in [4.78, 5) is 1.13. The van der Waals surface area contributed by atoms with Crippen LogP contribution in [0.4, 0.5) is 0 Å². The first-order valence-electron chi connectivity index (χ1n) is 5.44. The zero-order chi connectivity index (χ0) is 11.4. The zero-order valence-electron chi connectivity index (χ0n) is 9.33. The molecule has 0 aliphatic carbocycles. The topological polar surface area (TPSA) is 21.3 Å². The van der Waals surface area contributed by atoms with Crippen molar-refractivity contribution >= 4 is 23.4 Å². The predicted octanol–water partition coefficient (Wildman–Crippen LogP) is 2.59. The lowest BCUT2D eigenvalue weighted by Gasteiger charge is -2.23. The maximum Gasteiger partial charge on any atom is 0.0740 e. The van der Waals surface area contributed by atoms with Crippen LogP contribution in [0.15, 0.2) is 23.1 Å². The van der Waals surface area contributed by atoms with Crippen LogP contribution in [-0.4, -0.2) is 32.1 Å². The third-order valence-corrected chi connectivity index (χ3v) is 3.90. The Labute approximate surface area is 106 Å². The normalized spacial score (nSPS) is 21.0. The van der Waals surface area contributed by atoms with Gasteiger partial charge in [0.05, 0.1) is 17.7 Å². The van der Waals surface area contributed by atoms with E-state index in [2.05, 4.69) is 17.4 Å². The molecule has 88 valence electrons. The number of morpholine rings is 1. The van der Waals surface area contributed by atoms with Crippen LogP contribution >= 0.6 is 23.4 Å². The van der Waals surface area contributed by atoms with Gasteiger partial charge in [-0.3, -0.25) is 0 Å². The zero-order valence-corrected chi connectivity index (χ0v) is 10.9. The lowest BCUT2D eigenvalue weighted by Crippen LogP contribution is -2.39. The predicted molar refractivity (Wildman–Crippen MR) is 69.5 cm³/mol. The molecule has 1 unspecified atom stereocenters. The van der Waals surface area contributed by atoms with Crippen LogP contribution in [0.3, 0.4) is 0 Å². The summed E-state index contributed by atoms with van der Waals surface area (Å²) < 4.78 is 5.67. The van der Waals surface area contributed by atoms with Crippen LogP contribution in [0.25, 0.3) is 0 Å². The lowest BCUT2D eigenvalue weighted by molar-refractivity contribution is 0.0292. The van der Waals surface area contributed by atoms with Gasteiger partial charge in [-0.1, -0.05) is 17.7 Å². The van der Waals surface area contributed by atoms with Crippen LogP contribution in [0, 0.1) is 0 Å². The summed E-state index contributed by atoms with van der Waals surface area (Å²) in [7, 11) is 0. The minimum Gasteiger partial charge on any atom is -0.375 e. The van der Waals surface area contributed by atoms with E-state index in [0.29, 0.717) is 0 Å². The highest BCUT2D eigenvalue weighted by Gasteiger charge is 2.14. The molecule has 4 heteroatoms. The van der Waals surface area contributed by atoms with E-state index in [-0.39, 0.29) is 6.10 Å². The standard InChI is InChI=1S/C12H16ClNOS/c1-16-12-3-2-9(7-11(12)13)6-10-8-14-4-5-15-10/h2-3,7,10,14H,4-6,8H2,1H3. The van der Waals surface area contributed by atoms with E-state index < -0.39 is 0 Å². The second kappa shape index (κ2) is 5.92. The molecule has 2 rings (SSSR count). The molecule has 0 aromatic heterocycles. The Kier molecular flexibility index (Phi) is 4.53. The summed E-state index contributed by atoms with van der Waals surface area (Å²) in [5.74, 6) is 0. The molecule has 1 N–H and O–H groups in total. The molecule has 0 radical (unpaired) electrons. The molecule has 1 atom stereocenters. The van der Waals surface area contributed by atoms with Crippen molar-refractivity contribution in [3.63, 3.8) is 0 Å². The molecule has 0 spiro atoms. The fourth-order valence-electron chi connectivity index (χ4n) is 1.85. The van der Waals surface area contributed by atoms with Gasteiger partial charge < -0.3 is 10.1 Å². The van der Waals surface area contributed by atoms with Gasteiger partial charge in [0.1, 0.15) is 0 Å². The highest BCUT2D eigenvalue weighted by Crippen LogP contribution is 2.26. The third-order valence-electron chi connectivity index (χ3n) is 2.68. The van der Waals surface area contributed by atoms with Crippen molar-refractivity contribution in [2.75, 3.05) is 26.0 Å². The number of thioether (sulfide) groups is 1. The molecule has 1 aromatic rings. The monoisotopic (exact) mass is 257 g/mol. The summed E-state index contributed by atoms with van der Waals surface area (Å²) in [6.45, 7) is 2.70. The minimum absolute atomic E-state index is 0.282. The van der Waals surface area contributed by atoms with Crippen molar-refractivity contribution in [2.24, 2.45) is 0 Å². The molecule has 1 aromatic carbocycles. The number of rotatable bonds is 3. The number of hydrogen-bond donors (Lipinski definition) is 1. The average molecular weight is 258 g/mol. The fraction of sp³-hybridized carbons (Fsp3) is 0.500. The highest BCUT2D eigenvalue weighted by molar-refractivity contribution is 7.98. The molecule has 1 aliphatic heterocycles. The molecule has 16 heavy (non-hydrogen) atoms. The van der Waals surface area contributed by atoms with E-state index in [1.165, 1.54) is 5.56 Å². The average Bonchev–Trinajstić information content (AvgIpc) is 2.31. The van der Waals surface area contributed by atoms with Crippen molar-refractivity contribution in [1.82, 2.24) is 5.32 Å². The van der Waals surface area contributed by atoms with Gasteiger partial charge in [0, 0.05) is 18.0 Å². The Balaban J connectivity index is 2.01. The Morgan fingerprint density at radius 2 is 2.44 bits per heavy atom. The van der Waals surface area contributed by atoms with E-state index >= 15 is 0 Å². The molecule has 1 saturated heterocycles. The summed E-state index contributed by atoms with van der Waals surface area (Å²) >= 11 is 7.84. The first kappa shape index (κ1) is 12.2. The van der Waals surface area contributed by atoms with E-state index in [1.54, 1.807) is 11.8 Å². The molecule has 1 aliphatic rings. The molecule has 2 nitrogen and oxygen atoms in total. The number of benzene rings is 1. The highest BCUT2D eigenvalue weighted by atomic mass is 35.5. The van der Waals surface area contributed by atoms with E-state index in [9.17, 15) is 0 Å². The SMILES string of the molecule is CSc1ccc(CC2CNCCO2)cc1Cl. The molecule has 0 amide bonds. The Hall–Kier alpha value is -0.220. The molecule has 0 bridgehead atoms. The van der Waals surface area contributed by atoms with E-state index in [1.807, 2.05) is 12.3 Å². The van der Waals surface area contributed by atoms with E-state index in [4.69, 9.17) is 16.3 Å². The first-order chi connectivity index (χ1) is 7.79. The Morgan fingerprint density at radius 3 is 3.06 bits per heavy atom. The number of nitrogens with one attached hydrogen (secondary N) is 1. The van der Waals surface area contributed by atoms with Crippen molar-refractivity contribution in [3.05, 3.63) is 28.8 Å². The largest absolute Gasteiger partial charge is 0.375 e. The van der Waals surface area contributed by atoms with Gasteiger partial charge in [0.2, 0.25) is 0 Å². The van der Waals surface area contributed by atoms with Crippen LogP contribution < -0.4 is 5.32 Å². The van der Waals surface area contributed by atoms with Crippen molar-refractivity contribution in [2.45, 2.75) is 17.4 Å². The summed E-state index contributed by atoms with van der Waals surface area (Å²) in [5, 5.41) is 4.17.